The predicted octanol–water partition coefficient (Wildman–Crippen LogP) is 3.18. The van der Waals surface area contributed by atoms with E-state index >= 15 is 0 Å². The minimum atomic E-state index is 0.785. The van der Waals surface area contributed by atoms with E-state index in [9.17, 15) is 0 Å². The van der Waals surface area contributed by atoms with Gasteiger partial charge >= 0.3 is 0 Å². The number of hydrogen-bond donors (Lipinski definition) is 1. The van der Waals surface area contributed by atoms with Gasteiger partial charge in [0, 0.05) is 11.3 Å². The van der Waals surface area contributed by atoms with Crippen LogP contribution in [-0.4, -0.2) is 30.0 Å². The molecule has 0 saturated heterocycles. The van der Waals surface area contributed by atoms with Crippen molar-refractivity contribution in [3.63, 3.8) is 0 Å². The van der Waals surface area contributed by atoms with Gasteiger partial charge < -0.3 is 0 Å². The fraction of sp³-hybridized carbons (Fsp3) is 0.231. The van der Waals surface area contributed by atoms with E-state index in [1.807, 2.05) is 24.4 Å². The highest BCUT2D eigenvalue weighted by Gasteiger charge is 2.19. The van der Waals surface area contributed by atoms with Gasteiger partial charge in [-0.2, -0.15) is 14.7 Å². The number of hydrogen-bond acceptors (Lipinski definition) is 6. The van der Waals surface area contributed by atoms with Crippen LogP contribution in [0.5, 0.6) is 0 Å². The zero-order chi connectivity index (χ0) is 14.4. The second kappa shape index (κ2) is 4.74. The van der Waals surface area contributed by atoms with Crippen LogP contribution in [0.2, 0.25) is 0 Å². The van der Waals surface area contributed by atoms with Crippen molar-refractivity contribution >= 4 is 27.6 Å². The largest absolute Gasteiger partial charge is 0.282 e. The molecule has 21 heavy (non-hydrogen) atoms. The monoisotopic (exact) mass is 316 g/mol. The van der Waals surface area contributed by atoms with Gasteiger partial charge in [0.05, 0.1) is 4.88 Å². The summed E-state index contributed by atoms with van der Waals surface area (Å²) in [7, 11) is 0. The van der Waals surface area contributed by atoms with Gasteiger partial charge in [-0.15, -0.1) is 21.5 Å². The molecule has 0 aliphatic carbocycles. The number of rotatable bonds is 3. The van der Waals surface area contributed by atoms with E-state index in [-0.39, 0.29) is 0 Å². The molecule has 0 atom stereocenters. The summed E-state index contributed by atoms with van der Waals surface area (Å²) in [5.41, 5.74) is 3.22. The highest BCUT2D eigenvalue weighted by Crippen LogP contribution is 2.31. The summed E-state index contributed by atoms with van der Waals surface area (Å²) in [5, 5.41) is 23.4. The van der Waals surface area contributed by atoms with E-state index in [1.165, 1.54) is 16.9 Å². The summed E-state index contributed by atoms with van der Waals surface area (Å²) in [6.45, 7) is 4.16. The molecule has 0 fully saturated rings. The molecule has 4 aromatic rings. The maximum atomic E-state index is 4.66. The van der Waals surface area contributed by atoms with Crippen LogP contribution in [-0.2, 0) is 6.42 Å². The lowest BCUT2D eigenvalue weighted by Crippen LogP contribution is -1.91. The molecule has 8 heteroatoms. The molecule has 4 heterocycles. The van der Waals surface area contributed by atoms with E-state index in [4.69, 9.17) is 0 Å². The third-order valence-corrected chi connectivity index (χ3v) is 5.13. The summed E-state index contributed by atoms with van der Waals surface area (Å²) in [6.07, 6.45) is 0.926. The predicted molar refractivity (Wildman–Crippen MR) is 83.7 cm³/mol. The first-order valence-corrected chi connectivity index (χ1v) is 8.28. The van der Waals surface area contributed by atoms with Crippen molar-refractivity contribution in [3.05, 3.63) is 28.8 Å². The van der Waals surface area contributed by atoms with E-state index in [0.29, 0.717) is 0 Å². The molecule has 4 rings (SSSR count). The van der Waals surface area contributed by atoms with Crippen molar-refractivity contribution in [1.82, 2.24) is 30.0 Å². The Morgan fingerprint density at radius 2 is 2.24 bits per heavy atom. The summed E-state index contributed by atoms with van der Waals surface area (Å²) in [5.74, 6) is 0.785. The highest BCUT2D eigenvalue weighted by molar-refractivity contribution is 7.19. The number of aromatic nitrogens is 6. The second-order valence-electron chi connectivity index (χ2n) is 4.63. The lowest BCUT2D eigenvalue weighted by molar-refractivity contribution is 0.964. The molecule has 106 valence electrons. The van der Waals surface area contributed by atoms with Crippen molar-refractivity contribution in [2.75, 3.05) is 0 Å². The number of aromatic amines is 1. The van der Waals surface area contributed by atoms with Gasteiger partial charge in [0.1, 0.15) is 5.69 Å². The molecule has 0 radical (unpaired) electrons. The standard InChI is InChI=1S/C13H12N6S2/c1-3-8-7(2)14-15-10(8)12-18-19-11(9-5-4-6-20-9)16-17-13(19)21-12/h4-6H,3H2,1-2H3,(H,14,15). The van der Waals surface area contributed by atoms with Crippen LogP contribution in [0, 0.1) is 6.92 Å². The number of nitrogens with zero attached hydrogens (tertiary/aromatic N) is 5. The Kier molecular flexibility index (Phi) is 2.86. The van der Waals surface area contributed by atoms with Gasteiger partial charge in [-0.1, -0.05) is 24.3 Å². The maximum Gasteiger partial charge on any atom is 0.235 e. The molecule has 0 aromatic carbocycles. The van der Waals surface area contributed by atoms with E-state index < -0.39 is 0 Å². The summed E-state index contributed by atoms with van der Waals surface area (Å²) in [6, 6.07) is 4.02. The first-order chi connectivity index (χ1) is 10.3. The maximum absolute atomic E-state index is 4.66. The van der Waals surface area contributed by atoms with Gasteiger partial charge in [0.15, 0.2) is 10.8 Å². The molecule has 4 aromatic heterocycles. The molecule has 0 aliphatic heterocycles. The van der Waals surface area contributed by atoms with Crippen molar-refractivity contribution in [2.24, 2.45) is 0 Å². The van der Waals surface area contributed by atoms with E-state index in [0.717, 1.165) is 38.5 Å². The molecule has 6 nitrogen and oxygen atoms in total. The van der Waals surface area contributed by atoms with Crippen LogP contribution < -0.4 is 0 Å². The van der Waals surface area contributed by atoms with E-state index in [1.54, 1.807) is 15.9 Å². The van der Waals surface area contributed by atoms with Crippen LogP contribution in [0.4, 0.5) is 0 Å². The first kappa shape index (κ1) is 12.7. The second-order valence-corrected chi connectivity index (χ2v) is 6.54. The fourth-order valence-electron chi connectivity index (χ4n) is 2.33. The smallest absolute Gasteiger partial charge is 0.235 e. The number of thiophene rings is 1. The first-order valence-electron chi connectivity index (χ1n) is 6.58. The van der Waals surface area contributed by atoms with Crippen LogP contribution in [0.15, 0.2) is 17.5 Å². The molecular formula is C13H12N6S2. The van der Waals surface area contributed by atoms with Crippen molar-refractivity contribution in [3.8, 4) is 21.4 Å². The Labute approximate surface area is 128 Å². The molecular weight excluding hydrogens is 304 g/mol. The Morgan fingerprint density at radius 1 is 1.33 bits per heavy atom. The average molecular weight is 316 g/mol. The summed E-state index contributed by atoms with van der Waals surface area (Å²) < 4.78 is 1.80. The summed E-state index contributed by atoms with van der Waals surface area (Å²) in [4.78, 5) is 1.85. The Morgan fingerprint density at radius 3 is 3.00 bits per heavy atom. The van der Waals surface area contributed by atoms with Gasteiger partial charge in [0.2, 0.25) is 4.96 Å². The topological polar surface area (TPSA) is 71.8 Å². The summed E-state index contributed by atoms with van der Waals surface area (Å²) >= 11 is 3.14. The number of fused-ring (bicyclic) bond motifs is 1. The normalized spacial score (nSPS) is 11.5. The highest BCUT2D eigenvalue weighted by atomic mass is 32.1. The zero-order valence-corrected chi connectivity index (χ0v) is 13.1. The van der Waals surface area contributed by atoms with Gasteiger partial charge in [-0.25, -0.2) is 0 Å². The number of aryl methyl sites for hydroxylation is 1. The van der Waals surface area contributed by atoms with E-state index in [2.05, 4.69) is 32.4 Å². The van der Waals surface area contributed by atoms with Crippen LogP contribution in [0.25, 0.3) is 26.4 Å². The van der Waals surface area contributed by atoms with Gasteiger partial charge in [-0.05, 0) is 24.8 Å². The Bertz CT molecular complexity index is 899. The molecule has 0 amide bonds. The SMILES string of the molecule is CCc1c(-c2nn3c(-c4cccs4)nnc3s2)n[nH]c1C. The molecule has 0 bridgehead atoms. The Hall–Kier alpha value is -2.06. The average Bonchev–Trinajstić information content (AvgIpc) is 3.20. The molecule has 0 saturated carbocycles. The lowest BCUT2D eigenvalue weighted by atomic mass is 10.1. The minimum absolute atomic E-state index is 0.785. The van der Waals surface area contributed by atoms with Crippen molar-refractivity contribution < 1.29 is 0 Å². The quantitative estimate of drug-likeness (QED) is 0.630. The van der Waals surface area contributed by atoms with Crippen molar-refractivity contribution in [1.29, 1.82) is 0 Å². The lowest BCUT2D eigenvalue weighted by Gasteiger charge is -1.95. The van der Waals surface area contributed by atoms with Crippen molar-refractivity contribution in [2.45, 2.75) is 20.3 Å². The minimum Gasteiger partial charge on any atom is -0.282 e. The van der Waals surface area contributed by atoms with Gasteiger partial charge in [0.25, 0.3) is 0 Å². The third kappa shape index (κ3) is 1.90. The van der Waals surface area contributed by atoms with Crippen LogP contribution in [0.3, 0.4) is 0 Å². The molecule has 0 unspecified atom stereocenters. The van der Waals surface area contributed by atoms with Crippen LogP contribution in [0.1, 0.15) is 18.2 Å². The molecule has 1 N–H and O–H groups in total. The number of nitrogens with one attached hydrogen (secondary N) is 1. The fourth-order valence-corrected chi connectivity index (χ4v) is 3.88. The zero-order valence-electron chi connectivity index (χ0n) is 11.5. The molecule has 0 spiro atoms. The van der Waals surface area contributed by atoms with Crippen LogP contribution >= 0.6 is 22.7 Å². The number of H-pyrrole nitrogens is 1. The Balaban J connectivity index is 1.88. The third-order valence-electron chi connectivity index (χ3n) is 3.36. The molecule has 0 aliphatic rings. The van der Waals surface area contributed by atoms with Gasteiger partial charge in [-0.3, -0.25) is 5.10 Å².